The van der Waals surface area contributed by atoms with Gasteiger partial charge in [-0.25, -0.2) is 0 Å². The van der Waals surface area contributed by atoms with Crippen molar-refractivity contribution in [3.05, 3.63) is 63.6 Å². The van der Waals surface area contributed by atoms with Crippen LogP contribution in [0.15, 0.2) is 58.7 Å². The molecular weight excluding hydrogens is 511 g/mol. The third kappa shape index (κ3) is 5.37. The van der Waals surface area contributed by atoms with Gasteiger partial charge in [-0.1, -0.05) is 57.0 Å². The number of allylic oxidation sites excluding steroid dienone is 1. The van der Waals surface area contributed by atoms with Crippen molar-refractivity contribution in [2.45, 2.75) is 11.7 Å². The normalized spacial score (nSPS) is 10.7. The third-order valence-electron chi connectivity index (χ3n) is 3.97. The first-order chi connectivity index (χ1) is 14.4. The highest BCUT2D eigenvalue weighted by atomic mass is 79.9. The van der Waals surface area contributed by atoms with Crippen LogP contribution in [0.4, 0.5) is 5.69 Å². The van der Waals surface area contributed by atoms with E-state index in [0.717, 1.165) is 4.47 Å². The lowest BCUT2D eigenvalue weighted by molar-refractivity contribution is -0.113. The Hall–Kier alpha value is -2.00. The fraction of sp³-hybridized carbons (Fsp3) is 0.150. The molecule has 0 fully saturated rings. The van der Waals surface area contributed by atoms with Crippen molar-refractivity contribution >= 4 is 62.5 Å². The van der Waals surface area contributed by atoms with Gasteiger partial charge in [-0.2, -0.15) is 0 Å². The molecule has 2 aromatic carbocycles. The molecule has 0 spiro atoms. The molecule has 10 heteroatoms. The highest BCUT2D eigenvalue weighted by molar-refractivity contribution is 9.10. The van der Waals surface area contributed by atoms with Gasteiger partial charge in [0, 0.05) is 16.0 Å². The fourth-order valence-electron chi connectivity index (χ4n) is 2.65. The zero-order valence-electron chi connectivity index (χ0n) is 15.9. The second kappa shape index (κ2) is 10.3. The summed E-state index contributed by atoms with van der Waals surface area (Å²) in [5.41, 5.74) is 1.25. The number of hydrogen-bond donors (Lipinski definition) is 1. The summed E-state index contributed by atoms with van der Waals surface area (Å²) in [6.45, 7) is 4.26. The van der Waals surface area contributed by atoms with Gasteiger partial charge in [0.2, 0.25) is 5.91 Å². The molecule has 30 heavy (non-hydrogen) atoms. The molecule has 0 aliphatic carbocycles. The average molecular weight is 528 g/mol. The van der Waals surface area contributed by atoms with E-state index >= 15 is 0 Å². The van der Waals surface area contributed by atoms with E-state index in [-0.39, 0.29) is 11.7 Å². The lowest BCUT2D eigenvalue weighted by Gasteiger charge is -2.11. The number of rotatable bonds is 8. The average Bonchev–Trinajstić information content (AvgIpc) is 3.11. The third-order valence-corrected chi connectivity index (χ3v) is 5.98. The second-order valence-corrected chi connectivity index (χ2v) is 8.71. The minimum atomic E-state index is -0.209. The van der Waals surface area contributed by atoms with E-state index in [1.54, 1.807) is 49.6 Å². The highest BCUT2D eigenvalue weighted by Crippen LogP contribution is 2.33. The van der Waals surface area contributed by atoms with Crippen molar-refractivity contribution < 1.29 is 9.53 Å². The number of halogens is 3. The number of anilines is 1. The van der Waals surface area contributed by atoms with Gasteiger partial charge in [0.05, 0.1) is 29.1 Å². The summed E-state index contributed by atoms with van der Waals surface area (Å²) >= 11 is 16.9. The molecule has 0 radical (unpaired) electrons. The van der Waals surface area contributed by atoms with Gasteiger partial charge in [-0.15, -0.1) is 16.8 Å². The number of carbonyl (C=O) groups is 1. The summed E-state index contributed by atoms with van der Waals surface area (Å²) in [7, 11) is 1.58. The van der Waals surface area contributed by atoms with Crippen molar-refractivity contribution in [3.8, 4) is 17.1 Å². The number of ether oxygens (including phenoxy) is 1. The Balaban J connectivity index is 1.79. The Kier molecular flexibility index (Phi) is 7.82. The van der Waals surface area contributed by atoms with Crippen molar-refractivity contribution in [3.63, 3.8) is 0 Å². The predicted molar refractivity (Wildman–Crippen MR) is 126 cm³/mol. The largest absolute Gasteiger partial charge is 0.496 e. The van der Waals surface area contributed by atoms with Crippen LogP contribution in [-0.2, 0) is 11.3 Å². The molecule has 3 rings (SSSR count). The number of carbonyl (C=O) groups excluding carboxylic acids is 1. The quantitative estimate of drug-likeness (QED) is 0.290. The molecule has 6 nitrogen and oxygen atoms in total. The molecule has 0 atom stereocenters. The summed E-state index contributed by atoms with van der Waals surface area (Å²) in [6, 6.07) is 10.5. The first kappa shape index (κ1) is 22.7. The highest BCUT2D eigenvalue weighted by Gasteiger charge is 2.18. The Morgan fingerprint density at radius 1 is 1.30 bits per heavy atom. The number of benzene rings is 2. The van der Waals surface area contributed by atoms with Crippen LogP contribution in [0.25, 0.3) is 11.4 Å². The number of nitrogens with one attached hydrogen (secondary N) is 1. The van der Waals surface area contributed by atoms with Crippen LogP contribution in [0.2, 0.25) is 10.0 Å². The molecule has 1 aromatic heterocycles. The molecule has 0 saturated carbocycles. The van der Waals surface area contributed by atoms with Crippen LogP contribution in [0.5, 0.6) is 5.75 Å². The van der Waals surface area contributed by atoms with Crippen LogP contribution in [0, 0.1) is 0 Å². The van der Waals surface area contributed by atoms with Gasteiger partial charge >= 0.3 is 0 Å². The number of methoxy groups -OCH3 is 1. The number of amides is 1. The van der Waals surface area contributed by atoms with Crippen molar-refractivity contribution in [1.82, 2.24) is 14.8 Å². The molecule has 1 heterocycles. The van der Waals surface area contributed by atoms with Gasteiger partial charge in [0.25, 0.3) is 0 Å². The van der Waals surface area contributed by atoms with E-state index in [0.29, 0.717) is 44.6 Å². The number of aromatic nitrogens is 3. The molecule has 0 saturated heterocycles. The molecule has 0 bridgehead atoms. The van der Waals surface area contributed by atoms with E-state index in [1.807, 2.05) is 4.57 Å². The maximum atomic E-state index is 12.4. The summed E-state index contributed by atoms with van der Waals surface area (Å²) in [5, 5.41) is 12.9. The zero-order chi connectivity index (χ0) is 21.7. The van der Waals surface area contributed by atoms with Gasteiger partial charge in [0.15, 0.2) is 11.0 Å². The Labute approximate surface area is 196 Å². The minimum absolute atomic E-state index is 0.133. The topological polar surface area (TPSA) is 69.0 Å². The zero-order valence-corrected chi connectivity index (χ0v) is 19.8. The SMILES string of the molecule is C=CCn1c(SCC(=O)Nc2ccc(Br)cc2Cl)nnc1-c1cc(Cl)ccc1OC. The fourth-order valence-corrected chi connectivity index (χ4v) is 4.29. The maximum absolute atomic E-state index is 12.4. The summed E-state index contributed by atoms with van der Waals surface area (Å²) in [5.74, 6) is 1.12. The first-order valence-electron chi connectivity index (χ1n) is 8.68. The Bertz CT molecular complexity index is 1090. The van der Waals surface area contributed by atoms with Crippen LogP contribution in [-0.4, -0.2) is 33.5 Å². The molecule has 0 aliphatic heterocycles. The summed E-state index contributed by atoms with van der Waals surface area (Å²) in [4.78, 5) is 12.4. The van der Waals surface area contributed by atoms with Crippen LogP contribution >= 0.6 is 50.9 Å². The van der Waals surface area contributed by atoms with Gasteiger partial charge in [0.1, 0.15) is 5.75 Å². The van der Waals surface area contributed by atoms with Crippen molar-refractivity contribution in [1.29, 1.82) is 0 Å². The summed E-state index contributed by atoms with van der Waals surface area (Å²) < 4.78 is 8.12. The molecule has 3 aromatic rings. The van der Waals surface area contributed by atoms with Crippen LogP contribution < -0.4 is 10.1 Å². The van der Waals surface area contributed by atoms with Crippen LogP contribution in [0.1, 0.15) is 0 Å². The van der Waals surface area contributed by atoms with Crippen LogP contribution in [0.3, 0.4) is 0 Å². The molecule has 0 aliphatic rings. The predicted octanol–water partition coefficient (Wildman–Crippen LogP) is 5.94. The van der Waals surface area contributed by atoms with Crippen molar-refractivity contribution in [2.24, 2.45) is 0 Å². The van der Waals surface area contributed by atoms with Gasteiger partial charge < -0.3 is 10.1 Å². The number of thioether (sulfide) groups is 1. The lowest BCUT2D eigenvalue weighted by Crippen LogP contribution is -2.15. The molecule has 156 valence electrons. The van der Waals surface area contributed by atoms with Gasteiger partial charge in [-0.05, 0) is 36.4 Å². The maximum Gasteiger partial charge on any atom is 0.234 e. The lowest BCUT2D eigenvalue weighted by atomic mass is 10.2. The molecule has 1 amide bonds. The van der Waals surface area contributed by atoms with E-state index in [4.69, 9.17) is 27.9 Å². The van der Waals surface area contributed by atoms with E-state index in [9.17, 15) is 4.79 Å². The van der Waals surface area contributed by atoms with E-state index < -0.39 is 0 Å². The number of nitrogens with zero attached hydrogens (tertiary/aromatic N) is 3. The molecular formula is C20H17BrCl2N4O2S. The van der Waals surface area contributed by atoms with Crippen molar-refractivity contribution in [2.75, 3.05) is 18.2 Å². The Morgan fingerprint density at radius 3 is 2.80 bits per heavy atom. The molecule has 1 N–H and O–H groups in total. The number of hydrogen-bond acceptors (Lipinski definition) is 5. The standard InChI is InChI=1S/C20H17BrCl2N4O2S/c1-3-8-27-19(14-10-13(22)5-7-17(14)29-2)25-26-20(27)30-11-18(28)24-16-6-4-12(21)9-15(16)23/h3-7,9-10H,1,8,11H2,2H3,(H,24,28). The Morgan fingerprint density at radius 2 is 2.10 bits per heavy atom. The van der Waals surface area contributed by atoms with Gasteiger partial charge in [-0.3, -0.25) is 9.36 Å². The first-order valence-corrected chi connectivity index (χ1v) is 11.2. The van der Waals surface area contributed by atoms with E-state index in [1.165, 1.54) is 11.8 Å². The monoisotopic (exact) mass is 526 g/mol. The summed E-state index contributed by atoms with van der Waals surface area (Å²) in [6.07, 6.45) is 1.73. The smallest absolute Gasteiger partial charge is 0.234 e. The van der Waals surface area contributed by atoms with E-state index in [2.05, 4.69) is 38.0 Å². The molecule has 0 unspecified atom stereocenters. The minimum Gasteiger partial charge on any atom is -0.496 e. The second-order valence-electron chi connectivity index (χ2n) is 6.01.